The van der Waals surface area contributed by atoms with Gasteiger partial charge in [0.05, 0.1) is 11.7 Å². The number of sulfonamides is 1. The Kier molecular flexibility index (Phi) is 3.91. The van der Waals surface area contributed by atoms with Gasteiger partial charge in [-0.3, -0.25) is 4.79 Å². The van der Waals surface area contributed by atoms with Crippen LogP contribution in [0.1, 0.15) is 43.8 Å². The van der Waals surface area contributed by atoms with Gasteiger partial charge in [-0.25, -0.2) is 12.7 Å². The molecule has 1 aliphatic heterocycles. The number of hydrogen-bond acceptors (Lipinski definition) is 6. The molecule has 1 N–H and O–H groups in total. The molecule has 2 aliphatic carbocycles. The second kappa shape index (κ2) is 5.77. The summed E-state index contributed by atoms with van der Waals surface area (Å²) in [5, 5.41) is 7.07. The molecular weight excluding hydrogens is 344 g/mol. The second-order valence-electron chi connectivity index (χ2n) is 7.83. The number of fused-ring (bicyclic) bond motifs is 1. The Hall–Kier alpha value is -1.48. The summed E-state index contributed by atoms with van der Waals surface area (Å²) in [6, 6.07) is 0.0343. The molecule has 0 spiro atoms. The van der Waals surface area contributed by atoms with Crippen molar-refractivity contribution in [3.63, 3.8) is 0 Å². The third-order valence-electron chi connectivity index (χ3n) is 6.09. The van der Waals surface area contributed by atoms with E-state index in [1.807, 2.05) is 0 Å². The van der Waals surface area contributed by atoms with Crippen molar-refractivity contribution in [2.75, 3.05) is 19.3 Å². The first kappa shape index (κ1) is 17.0. The number of nitrogens with zero attached hydrogens (tertiary/aromatic N) is 3. The Labute approximate surface area is 147 Å². The van der Waals surface area contributed by atoms with E-state index in [0.717, 1.165) is 25.7 Å². The SMILES string of the molecule is Cc1noc([C@]23C[C@H](NC(=O)C4CCC4)C[C@H]2CN(S(C)(=O)=O)C3)n1. The number of aryl methyl sites for hydroxylation is 1. The fourth-order valence-corrected chi connectivity index (χ4v) is 5.42. The van der Waals surface area contributed by atoms with E-state index in [1.165, 1.54) is 10.6 Å². The van der Waals surface area contributed by atoms with Gasteiger partial charge >= 0.3 is 0 Å². The molecule has 2 saturated carbocycles. The van der Waals surface area contributed by atoms with Gasteiger partial charge in [0.25, 0.3) is 0 Å². The van der Waals surface area contributed by atoms with E-state index in [1.54, 1.807) is 6.92 Å². The summed E-state index contributed by atoms with van der Waals surface area (Å²) in [5.41, 5.74) is -0.498. The maximum atomic E-state index is 12.3. The van der Waals surface area contributed by atoms with Crippen LogP contribution in [0.2, 0.25) is 0 Å². The Bertz CT molecular complexity index is 788. The Balaban J connectivity index is 1.57. The molecule has 25 heavy (non-hydrogen) atoms. The van der Waals surface area contributed by atoms with Crippen LogP contribution in [0.4, 0.5) is 0 Å². The maximum absolute atomic E-state index is 12.3. The van der Waals surface area contributed by atoms with Crippen molar-refractivity contribution in [3.8, 4) is 0 Å². The lowest BCUT2D eigenvalue weighted by atomic mass is 9.80. The highest BCUT2D eigenvalue weighted by molar-refractivity contribution is 7.88. The van der Waals surface area contributed by atoms with Crippen molar-refractivity contribution in [3.05, 3.63) is 11.7 Å². The predicted octanol–water partition coefficient (Wildman–Crippen LogP) is 0.586. The zero-order valence-corrected chi connectivity index (χ0v) is 15.4. The average molecular weight is 368 g/mol. The van der Waals surface area contributed by atoms with Crippen LogP contribution in [0.25, 0.3) is 0 Å². The quantitative estimate of drug-likeness (QED) is 0.834. The van der Waals surface area contributed by atoms with E-state index >= 15 is 0 Å². The van der Waals surface area contributed by atoms with Crippen molar-refractivity contribution in [2.24, 2.45) is 11.8 Å². The third kappa shape index (κ3) is 2.87. The number of hydrogen-bond donors (Lipinski definition) is 1. The molecule has 0 aromatic carbocycles. The lowest BCUT2D eigenvalue weighted by Crippen LogP contribution is -2.42. The number of carbonyl (C=O) groups is 1. The van der Waals surface area contributed by atoms with Crippen LogP contribution in [0, 0.1) is 18.8 Å². The number of amides is 1. The highest BCUT2D eigenvalue weighted by Crippen LogP contribution is 2.50. The minimum Gasteiger partial charge on any atom is -0.353 e. The number of carbonyl (C=O) groups excluding carboxylic acids is 1. The second-order valence-corrected chi connectivity index (χ2v) is 9.81. The smallest absolute Gasteiger partial charge is 0.234 e. The van der Waals surface area contributed by atoms with Crippen LogP contribution >= 0.6 is 0 Å². The molecule has 8 nitrogen and oxygen atoms in total. The molecule has 1 aromatic rings. The molecule has 3 fully saturated rings. The lowest BCUT2D eigenvalue weighted by Gasteiger charge is -2.27. The first-order chi connectivity index (χ1) is 11.8. The highest BCUT2D eigenvalue weighted by Gasteiger charge is 2.59. The average Bonchev–Trinajstić information content (AvgIpc) is 3.07. The van der Waals surface area contributed by atoms with Crippen molar-refractivity contribution in [1.82, 2.24) is 19.8 Å². The van der Waals surface area contributed by atoms with Gasteiger partial charge in [0, 0.05) is 25.0 Å². The van der Waals surface area contributed by atoms with Crippen LogP contribution in [0.5, 0.6) is 0 Å². The molecule has 1 saturated heterocycles. The summed E-state index contributed by atoms with van der Waals surface area (Å²) in [6.07, 6.45) is 5.68. The molecule has 2 heterocycles. The summed E-state index contributed by atoms with van der Waals surface area (Å²) in [7, 11) is -3.28. The first-order valence-corrected chi connectivity index (χ1v) is 10.7. The van der Waals surface area contributed by atoms with E-state index in [9.17, 15) is 13.2 Å². The van der Waals surface area contributed by atoms with Crippen LogP contribution in [0.15, 0.2) is 4.52 Å². The molecule has 3 atom stereocenters. The zero-order valence-electron chi connectivity index (χ0n) is 14.6. The molecule has 1 aromatic heterocycles. The lowest BCUT2D eigenvalue weighted by molar-refractivity contribution is -0.128. The van der Waals surface area contributed by atoms with Gasteiger partial charge in [-0.15, -0.1) is 0 Å². The molecule has 3 aliphatic rings. The maximum Gasteiger partial charge on any atom is 0.234 e. The molecule has 0 unspecified atom stereocenters. The third-order valence-corrected chi connectivity index (χ3v) is 7.30. The largest absolute Gasteiger partial charge is 0.353 e. The van der Waals surface area contributed by atoms with Crippen LogP contribution in [-0.4, -0.2) is 54.2 Å². The van der Waals surface area contributed by atoms with Crippen molar-refractivity contribution in [1.29, 1.82) is 0 Å². The van der Waals surface area contributed by atoms with Gasteiger partial charge < -0.3 is 9.84 Å². The van der Waals surface area contributed by atoms with Gasteiger partial charge in [-0.1, -0.05) is 11.6 Å². The topological polar surface area (TPSA) is 105 Å². The molecule has 138 valence electrons. The van der Waals surface area contributed by atoms with Gasteiger partial charge in [0.1, 0.15) is 0 Å². The van der Waals surface area contributed by atoms with Gasteiger partial charge in [-0.05, 0) is 38.5 Å². The van der Waals surface area contributed by atoms with Crippen LogP contribution < -0.4 is 5.32 Å². The monoisotopic (exact) mass is 368 g/mol. The fourth-order valence-electron chi connectivity index (χ4n) is 4.51. The van der Waals surface area contributed by atoms with Crippen molar-refractivity contribution >= 4 is 15.9 Å². The van der Waals surface area contributed by atoms with Crippen molar-refractivity contribution < 1.29 is 17.7 Å². The molecule has 1 amide bonds. The highest BCUT2D eigenvalue weighted by atomic mass is 32.2. The zero-order chi connectivity index (χ0) is 17.8. The summed E-state index contributed by atoms with van der Waals surface area (Å²) >= 11 is 0. The standard InChI is InChI=1S/C16H24N4O4S/c1-10-17-15(24-19-10)16-7-13(18-14(21)11-4-3-5-11)6-12(16)8-20(9-16)25(2,22)23/h11-13H,3-9H2,1-2H3,(H,18,21)/t12-,13+,16-/m0/s1. The van der Waals surface area contributed by atoms with E-state index < -0.39 is 15.4 Å². The van der Waals surface area contributed by atoms with E-state index in [4.69, 9.17) is 4.52 Å². The van der Waals surface area contributed by atoms with Gasteiger partial charge in [-0.2, -0.15) is 4.98 Å². The van der Waals surface area contributed by atoms with Gasteiger partial charge in [0.15, 0.2) is 5.82 Å². The Morgan fingerprint density at radius 1 is 1.40 bits per heavy atom. The molecule has 0 radical (unpaired) electrons. The van der Waals surface area contributed by atoms with E-state index in [-0.39, 0.29) is 23.8 Å². The van der Waals surface area contributed by atoms with E-state index in [2.05, 4.69) is 15.5 Å². The first-order valence-electron chi connectivity index (χ1n) is 8.84. The van der Waals surface area contributed by atoms with Crippen LogP contribution in [-0.2, 0) is 20.2 Å². The Morgan fingerprint density at radius 2 is 2.16 bits per heavy atom. The number of aromatic nitrogens is 2. The number of nitrogens with one attached hydrogen (secondary N) is 1. The summed E-state index contributed by atoms with van der Waals surface area (Å²) in [6.45, 7) is 2.54. The molecule has 4 rings (SSSR count). The minimum absolute atomic E-state index is 0.0343. The molecule has 0 bridgehead atoms. The number of rotatable bonds is 4. The molecular formula is C16H24N4O4S. The fraction of sp³-hybridized carbons (Fsp3) is 0.812. The predicted molar refractivity (Wildman–Crippen MR) is 89.1 cm³/mol. The summed E-state index contributed by atoms with van der Waals surface area (Å²) in [5.74, 6) is 1.40. The summed E-state index contributed by atoms with van der Waals surface area (Å²) in [4.78, 5) is 16.7. The minimum atomic E-state index is -3.28. The normalized spacial score (nSPS) is 33.2. The Morgan fingerprint density at radius 3 is 2.72 bits per heavy atom. The van der Waals surface area contributed by atoms with Crippen molar-refractivity contribution in [2.45, 2.75) is 50.5 Å². The van der Waals surface area contributed by atoms with Gasteiger partial charge in [0.2, 0.25) is 21.8 Å². The molecule has 9 heteroatoms. The van der Waals surface area contributed by atoms with E-state index in [0.29, 0.717) is 31.2 Å². The summed E-state index contributed by atoms with van der Waals surface area (Å²) < 4.78 is 31.0. The van der Waals surface area contributed by atoms with Crippen LogP contribution in [0.3, 0.4) is 0 Å².